The summed E-state index contributed by atoms with van der Waals surface area (Å²) < 4.78 is 1.83. The molecule has 2 saturated heterocycles. The summed E-state index contributed by atoms with van der Waals surface area (Å²) in [5.41, 5.74) is 0.235. The van der Waals surface area contributed by atoms with E-state index in [1.807, 2.05) is 28.8 Å². The van der Waals surface area contributed by atoms with Crippen LogP contribution in [0.15, 0.2) is 18.5 Å². The first kappa shape index (κ1) is 18.5. The SMILES string of the molecule is CC(Cn1cccn1)C(=O)N1CCC2(CCC(=O)N(C3CCCC3)C2)CC1. The fraction of sp³-hybridized carbons (Fsp3) is 0.762. The summed E-state index contributed by atoms with van der Waals surface area (Å²) in [5, 5.41) is 4.21. The van der Waals surface area contributed by atoms with Gasteiger partial charge >= 0.3 is 0 Å². The van der Waals surface area contributed by atoms with Crippen LogP contribution in [0.4, 0.5) is 0 Å². The van der Waals surface area contributed by atoms with Gasteiger partial charge in [-0.25, -0.2) is 0 Å². The third kappa shape index (κ3) is 3.90. The van der Waals surface area contributed by atoms with E-state index >= 15 is 0 Å². The molecule has 148 valence electrons. The molecule has 2 amide bonds. The van der Waals surface area contributed by atoms with Crippen LogP contribution in [0, 0.1) is 11.3 Å². The molecule has 27 heavy (non-hydrogen) atoms. The minimum Gasteiger partial charge on any atom is -0.342 e. The van der Waals surface area contributed by atoms with Crippen molar-refractivity contribution < 1.29 is 9.59 Å². The van der Waals surface area contributed by atoms with Gasteiger partial charge in [0.15, 0.2) is 0 Å². The van der Waals surface area contributed by atoms with Gasteiger partial charge in [0.05, 0.1) is 12.5 Å². The van der Waals surface area contributed by atoms with Crippen LogP contribution in [0.2, 0.25) is 0 Å². The van der Waals surface area contributed by atoms with Crippen LogP contribution in [0.25, 0.3) is 0 Å². The quantitative estimate of drug-likeness (QED) is 0.816. The number of likely N-dealkylation sites (tertiary alicyclic amines) is 2. The molecule has 1 aromatic heterocycles. The van der Waals surface area contributed by atoms with Crippen molar-refractivity contribution in [2.75, 3.05) is 19.6 Å². The number of piperidine rings is 2. The van der Waals surface area contributed by atoms with E-state index in [1.54, 1.807) is 6.20 Å². The average Bonchev–Trinajstić information content (AvgIpc) is 3.38. The van der Waals surface area contributed by atoms with E-state index < -0.39 is 0 Å². The topological polar surface area (TPSA) is 58.4 Å². The number of rotatable bonds is 4. The number of hydrogen-bond acceptors (Lipinski definition) is 3. The van der Waals surface area contributed by atoms with Gasteiger partial charge in [0.2, 0.25) is 11.8 Å². The predicted octanol–water partition coefficient (Wildman–Crippen LogP) is 2.69. The van der Waals surface area contributed by atoms with Crippen LogP contribution in [0.5, 0.6) is 0 Å². The second-order valence-electron chi connectivity index (χ2n) is 8.91. The van der Waals surface area contributed by atoms with E-state index in [2.05, 4.69) is 10.00 Å². The fourth-order valence-corrected chi connectivity index (χ4v) is 5.28. The highest BCUT2D eigenvalue weighted by atomic mass is 16.2. The van der Waals surface area contributed by atoms with Crippen molar-refractivity contribution >= 4 is 11.8 Å². The van der Waals surface area contributed by atoms with Gasteiger partial charge in [-0.05, 0) is 43.6 Å². The molecular weight excluding hydrogens is 340 g/mol. The number of aromatic nitrogens is 2. The Hall–Kier alpha value is -1.85. The molecule has 3 heterocycles. The lowest BCUT2D eigenvalue weighted by Crippen LogP contribution is -2.55. The van der Waals surface area contributed by atoms with E-state index in [0.29, 0.717) is 24.9 Å². The number of nitrogens with zero attached hydrogens (tertiary/aromatic N) is 4. The third-order valence-electron chi connectivity index (χ3n) is 7.04. The molecule has 6 heteroatoms. The normalized spacial score (nSPS) is 24.6. The van der Waals surface area contributed by atoms with Crippen molar-refractivity contribution in [3.63, 3.8) is 0 Å². The molecule has 4 rings (SSSR count). The highest BCUT2D eigenvalue weighted by Gasteiger charge is 2.44. The Labute approximate surface area is 161 Å². The van der Waals surface area contributed by atoms with Gasteiger partial charge in [0.1, 0.15) is 0 Å². The second-order valence-corrected chi connectivity index (χ2v) is 8.91. The molecule has 1 aromatic rings. The number of carbonyl (C=O) groups excluding carboxylic acids is 2. The van der Waals surface area contributed by atoms with Gasteiger partial charge in [-0.1, -0.05) is 19.8 Å². The Morgan fingerprint density at radius 1 is 1.26 bits per heavy atom. The summed E-state index contributed by atoms with van der Waals surface area (Å²) in [5.74, 6) is 0.542. The predicted molar refractivity (Wildman–Crippen MR) is 103 cm³/mol. The summed E-state index contributed by atoms with van der Waals surface area (Å²) >= 11 is 0. The van der Waals surface area contributed by atoms with Crippen molar-refractivity contribution in [1.29, 1.82) is 0 Å². The molecule has 0 aromatic carbocycles. The molecular formula is C21H32N4O2. The maximum absolute atomic E-state index is 12.8. The van der Waals surface area contributed by atoms with Crippen molar-refractivity contribution in [2.45, 2.75) is 70.9 Å². The molecule has 2 aliphatic heterocycles. The zero-order chi connectivity index (χ0) is 18.9. The Morgan fingerprint density at radius 3 is 2.67 bits per heavy atom. The van der Waals surface area contributed by atoms with Gasteiger partial charge in [-0.15, -0.1) is 0 Å². The number of carbonyl (C=O) groups is 2. The van der Waals surface area contributed by atoms with Gasteiger partial charge in [0, 0.05) is 44.5 Å². The second kappa shape index (κ2) is 7.64. The molecule has 0 bridgehead atoms. The molecule has 3 aliphatic rings. The molecule has 1 atom stereocenters. The monoisotopic (exact) mass is 372 g/mol. The molecule has 0 radical (unpaired) electrons. The van der Waals surface area contributed by atoms with Crippen LogP contribution in [-0.4, -0.2) is 57.1 Å². The van der Waals surface area contributed by atoms with Crippen LogP contribution in [0.1, 0.15) is 58.3 Å². The van der Waals surface area contributed by atoms with Crippen molar-refractivity contribution in [3.05, 3.63) is 18.5 Å². The highest BCUT2D eigenvalue weighted by molar-refractivity contribution is 5.79. The Kier molecular flexibility index (Phi) is 5.24. The van der Waals surface area contributed by atoms with E-state index in [1.165, 1.54) is 25.7 Å². The maximum atomic E-state index is 12.8. The van der Waals surface area contributed by atoms with Crippen LogP contribution < -0.4 is 0 Å². The largest absolute Gasteiger partial charge is 0.342 e. The third-order valence-corrected chi connectivity index (χ3v) is 7.04. The Balaban J connectivity index is 1.33. The average molecular weight is 373 g/mol. The molecule has 6 nitrogen and oxygen atoms in total. The van der Waals surface area contributed by atoms with E-state index in [4.69, 9.17) is 0 Å². The summed E-state index contributed by atoms with van der Waals surface area (Å²) in [6.07, 6.45) is 12.3. The summed E-state index contributed by atoms with van der Waals surface area (Å²) in [6, 6.07) is 2.37. The van der Waals surface area contributed by atoms with E-state index in [9.17, 15) is 9.59 Å². The lowest BCUT2D eigenvalue weighted by Gasteiger charge is -2.49. The molecule has 1 aliphatic carbocycles. The van der Waals surface area contributed by atoms with Crippen LogP contribution in [0.3, 0.4) is 0 Å². The van der Waals surface area contributed by atoms with Crippen LogP contribution >= 0.6 is 0 Å². The van der Waals surface area contributed by atoms with Crippen LogP contribution in [-0.2, 0) is 16.1 Å². The van der Waals surface area contributed by atoms with Gasteiger partial charge in [-0.3, -0.25) is 14.3 Å². The fourth-order valence-electron chi connectivity index (χ4n) is 5.28. The first-order chi connectivity index (χ1) is 13.1. The minimum atomic E-state index is -0.0538. The summed E-state index contributed by atoms with van der Waals surface area (Å²) in [4.78, 5) is 29.6. The molecule has 1 saturated carbocycles. The Bertz CT molecular complexity index is 658. The minimum absolute atomic E-state index is 0.0538. The highest BCUT2D eigenvalue weighted by Crippen LogP contribution is 2.42. The first-order valence-corrected chi connectivity index (χ1v) is 10.6. The molecule has 1 spiro atoms. The number of amides is 2. The Morgan fingerprint density at radius 2 is 2.00 bits per heavy atom. The zero-order valence-electron chi connectivity index (χ0n) is 16.5. The molecule has 1 unspecified atom stereocenters. The van der Waals surface area contributed by atoms with E-state index in [-0.39, 0.29) is 17.2 Å². The first-order valence-electron chi connectivity index (χ1n) is 10.6. The van der Waals surface area contributed by atoms with Crippen molar-refractivity contribution in [2.24, 2.45) is 11.3 Å². The maximum Gasteiger partial charge on any atom is 0.227 e. The zero-order valence-corrected chi connectivity index (χ0v) is 16.5. The number of hydrogen-bond donors (Lipinski definition) is 0. The van der Waals surface area contributed by atoms with Gasteiger partial charge in [-0.2, -0.15) is 5.10 Å². The summed E-state index contributed by atoms with van der Waals surface area (Å²) in [7, 11) is 0. The summed E-state index contributed by atoms with van der Waals surface area (Å²) in [6.45, 7) is 5.21. The van der Waals surface area contributed by atoms with Crippen molar-refractivity contribution in [1.82, 2.24) is 19.6 Å². The van der Waals surface area contributed by atoms with E-state index in [0.717, 1.165) is 38.9 Å². The lowest BCUT2D eigenvalue weighted by molar-refractivity contribution is -0.146. The smallest absolute Gasteiger partial charge is 0.227 e. The van der Waals surface area contributed by atoms with Gasteiger partial charge < -0.3 is 9.80 Å². The molecule has 3 fully saturated rings. The van der Waals surface area contributed by atoms with Crippen molar-refractivity contribution in [3.8, 4) is 0 Å². The standard InChI is InChI=1S/C21H32N4O2/c1-17(15-24-12-4-11-22-24)20(27)23-13-9-21(10-14-23)8-7-19(26)25(16-21)18-5-2-3-6-18/h4,11-12,17-18H,2-3,5-10,13-16H2,1H3. The lowest BCUT2D eigenvalue weighted by atomic mass is 9.72. The van der Waals surface area contributed by atoms with Gasteiger partial charge in [0.25, 0.3) is 0 Å². The molecule has 0 N–H and O–H groups in total.